The van der Waals surface area contributed by atoms with E-state index in [0.29, 0.717) is 64.3 Å². The quantitative estimate of drug-likeness (QED) is 0.0963. The average molecular weight is 857 g/mol. The molecule has 15 heteroatoms. The van der Waals surface area contributed by atoms with E-state index in [9.17, 15) is 14.4 Å². The van der Waals surface area contributed by atoms with E-state index in [-0.39, 0.29) is 47.6 Å². The number of rotatable bonds is 19. The third-order valence-electron chi connectivity index (χ3n) is 9.27. The number of hydrogen-bond acceptors (Lipinski definition) is 10. The van der Waals surface area contributed by atoms with E-state index in [1.54, 1.807) is 35.0 Å². The standard InChI is InChI=1S/C40H53N7O5S2.BrH/c1-29(2)38-43-34(27-53-38)25-46(3)39(49)45-36(16-17-47-18-20-51-21-19-47)37(48)42-32(22-30-10-6-4-7-11-30)14-15-33(23-31-12-8-5-9-13-31)44-40(50)52-26-35-24-41-28-54-35;/h4-13,24,27-29,32-33,36H,14-23,25-26H2,1-3H3,(H,42,48)(H,44,50)(H,45,49);1H/t32-,33-,36+;/m1./s1. The molecule has 3 N–H and O–H groups in total. The highest BCUT2D eigenvalue weighted by Gasteiger charge is 2.27. The second-order valence-electron chi connectivity index (χ2n) is 14.0. The maximum Gasteiger partial charge on any atom is 0.407 e. The van der Waals surface area contributed by atoms with Crippen molar-refractivity contribution in [2.75, 3.05) is 39.9 Å². The van der Waals surface area contributed by atoms with Crippen molar-refractivity contribution in [3.05, 3.63) is 104 Å². The second kappa shape index (κ2) is 23.2. The van der Waals surface area contributed by atoms with Crippen molar-refractivity contribution in [1.82, 2.24) is 35.7 Å². The topological polar surface area (TPSA) is 138 Å². The number of ether oxygens (including phenoxy) is 2. The highest BCUT2D eigenvalue weighted by Crippen LogP contribution is 2.20. The van der Waals surface area contributed by atoms with E-state index in [4.69, 9.17) is 9.47 Å². The Morgan fingerprint density at radius 1 is 0.891 bits per heavy atom. The molecule has 0 spiro atoms. The minimum atomic E-state index is -0.761. The van der Waals surface area contributed by atoms with Gasteiger partial charge in [-0.05, 0) is 43.2 Å². The molecule has 1 aliphatic rings. The predicted octanol–water partition coefficient (Wildman–Crippen LogP) is 6.58. The highest BCUT2D eigenvalue weighted by molar-refractivity contribution is 8.93. The van der Waals surface area contributed by atoms with Gasteiger partial charge in [-0.25, -0.2) is 14.6 Å². The summed E-state index contributed by atoms with van der Waals surface area (Å²) in [6, 6.07) is 18.4. The number of hydrogen-bond donors (Lipinski definition) is 3. The van der Waals surface area contributed by atoms with E-state index in [2.05, 4.69) is 44.7 Å². The van der Waals surface area contributed by atoms with Gasteiger partial charge in [0.2, 0.25) is 5.91 Å². The lowest BCUT2D eigenvalue weighted by Gasteiger charge is -2.30. The summed E-state index contributed by atoms with van der Waals surface area (Å²) in [5.41, 5.74) is 4.70. The molecule has 5 rings (SSSR count). The molecule has 0 bridgehead atoms. The molecule has 298 valence electrons. The molecule has 4 amide bonds. The van der Waals surface area contributed by atoms with Gasteiger partial charge in [0.25, 0.3) is 0 Å². The van der Waals surface area contributed by atoms with Crippen molar-refractivity contribution in [3.63, 3.8) is 0 Å². The molecular formula is C40H54BrN7O5S2. The summed E-state index contributed by atoms with van der Waals surface area (Å²) in [6.45, 7) is 8.19. The van der Waals surface area contributed by atoms with Crippen LogP contribution in [0.1, 0.15) is 65.7 Å². The van der Waals surface area contributed by atoms with E-state index < -0.39 is 12.1 Å². The Morgan fingerprint density at radius 3 is 2.11 bits per heavy atom. The number of halogens is 1. The lowest BCUT2D eigenvalue weighted by Crippen LogP contribution is -2.54. The van der Waals surface area contributed by atoms with Crippen LogP contribution in [-0.4, -0.2) is 95.8 Å². The first kappa shape index (κ1) is 43.8. The normalized spacial score (nSPS) is 14.6. The minimum Gasteiger partial charge on any atom is -0.444 e. The Bertz CT molecular complexity index is 1710. The Hall–Kier alpha value is -3.89. The highest BCUT2D eigenvalue weighted by atomic mass is 79.9. The van der Waals surface area contributed by atoms with Crippen molar-refractivity contribution < 1.29 is 23.9 Å². The first-order chi connectivity index (χ1) is 26.2. The fourth-order valence-corrected chi connectivity index (χ4v) is 7.58. The number of alkyl carbamates (subject to hydrolysis) is 1. The van der Waals surface area contributed by atoms with Crippen LogP contribution in [0.3, 0.4) is 0 Å². The number of amides is 4. The van der Waals surface area contributed by atoms with Crippen LogP contribution in [0, 0.1) is 0 Å². The van der Waals surface area contributed by atoms with Gasteiger partial charge in [0.05, 0.1) is 40.8 Å². The van der Waals surface area contributed by atoms with Crippen molar-refractivity contribution in [2.45, 2.75) is 83.1 Å². The van der Waals surface area contributed by atoms with Gasteiger partial charge in [0.15, 0.2) is 0 Å². The fourth-order valence-electron chi connectivity index (χ4n) is 6.25. The van der Waals surface area contributed by atoms with Crippen LogP contribution in [0.25, 0.3) is 0 Å². The minimum absolute atomic E-state index is 0. The molecule has 0 aliphatic carbocycles. The zero-order valence-corrected chi connectivity index (χ0v) is 35.2. The van der Waals surface area contributed by atoms with Crippen LogP contribution in [0.5, 0.6) is 0 Å². The molecule has 2 aromatic carbocycles. The van der Waals surface area contributed by atoms with Crippen LogP contribution in [0.15, 0.2) is 77.8 Å². The van der Waals surface area contributed by atoms with Gasteiger partial charge in [-0.1, -0.05) is 74.5 Å². The SMILES string of the molecule is Br.CC(C)c1nc(CN(C)C(=O)N[C@@H](CCN2CCOCC2)C(=O)N[C@H](CC[C@H](Cc2ccccc2)NC(=O)OCc2cncs2)Cc2ccccc2)cs1. The third kappa shape index (κ3) is 15.3. The molecule has 1 saturated heterocycles. The molecular weight excluding hydrogens is 803 g/mol. The van der Waals surface area contributed by atoms with Gasteiger partial charge >= 0.3 is 12.1 Å². The predicted molar refractivity (Wildman–Crippen MR) is 223 cm³/mol. The zero-order chi connectivity index (χ0) is 38.1. The second-order valence-corrected chi connectivity index (χ2v) is 15.8. The summed E-state index contributed by atoms with van der Waals surface area (Å²) in [7, 11) is 1.72. The van der Waals surface area contributed by atoms with Crippen LogP contribution in [0.4, 0.5) is 9.59 Å². The van der Waals surface area contributed by atoms with Crippen LogP contribution >= 0.6 is 39.7 Å². The van der Waals surface area contributed by atoms with Crippen molar-refractivity contribution >= 4 is 57.7 Å². The lowest BCUT2D eigenvalue weighted by molar-refractivity contribution is -0.124. The summed E-state index contributed by atoms with van der Waals surface area (Å²) in [6.07, 6.45) is 4.00. The first-order valence-electron chi connectivity index (χ1n) is 18.7. The number of carbonyl (C=O) groups excluding carboxylic acids is 3. The Morgan fingerprint density at radius 2 is 1.53 bits per heavy atom. The van der Waals surface area contributed by atoms with E-state index in [1.807, 2.05) is 66.0 Å². The molecule has 1 fully saturated rings. The maximum atomic E-state index is 14.2. The van der Waals surface area contributed by atoms with Crippen molar-refractivity contribution in [1.29, 1.82) is 0 Å². The van der Waals surface area contributed by atoms with Gasteiger partial charge in [-0.3, -0.25) is 14.7 Å². The summed E-state index contributed by atoms with van der Waals surface area (Å²) in [5, 5.41) is 12.4. The van der Waals surface area contributed by atoms with Crippen molar-refractivity contribution in [3.8, 4) is 0 Å². The number of aromatic nitrogens is 2. The summed E-state index contributed by atoms with van der Waals surface area (Å²) in [4.78, 5) is 54.2. The Labute approximate surface area is 343 Å². The average Bonchev–Trinajstić information content (AvgIpc) is 3.89. The van der Waals surface area contributed by atoms with Gasteiger partial charge < -0.3 is 30.3 Å². The summed E-state index contributed by atoms with van der Waals surface area (Å²) < 4.78 is 11.1. The Kier molecular flexibility index (Phi) is 18.5. The number of nitrogens with zero attached hydrogens (tertiary/aromatic N) is 4. The molecule has 0 radical (unpaired) electrons. The molecule has 4 aromatic rings. The molecule has 12 nitrogen and oxygen atoms in total. The van der Waals surface area contributed by atoms with Crippen LogP contribution in [0.2, 0.25) is 0 Å². The number of carbonyl (C=O) groups is 3. The van der Waals surface area contributed by atoms with Crippen LogP contribution < -0.4 is 16.0 Å². The third-order valence-corrected chi connectivity index (χ3v) is 11.2. The number of nitrogens with one attached hydrogen (secondary N) is 3. The first-order valence-corrected chi connectivity index (χ1v) is 20.4. The molecule has 3 heterocycles. The van der Waals surface area contributed by atoms with Gasteiger partial charge in [0.1, 0.15) is 12.6 Å². The maximum absolute atomic E-state index is 14.2. The van der Waals surface area contributed by atoms with E-state index in [1.165, 1.54) is 11.3 Å². The smallest absolute Gasteiger partial charge is 0.407 e. The number of urea groups is 1. The zero-order valence-electron chi connectivity index (χ0n) is 31.9. The molecule has 0 unspecified atom stereocenters. The van der Waals surface area contributed by atoms with Gasteiger partial charge in [-0.15, -0.1) is 39.7 Å². The molecule has 55 heavy (non-hydrogen) atoms. The van der Waals surface area contributed by atoms with E-state index >= 15 is 0 Å². The van der Waals surface area contributed by atoms with Gasteiger partial charge in [0, 0.05) is 56.3 Å². The van der Waals surface area contributed by atoms with E-state index in [0.717, 1.165) is 39.8 Å². The molecule has 1 aliphatic heterocycles. The lowest BCUT2D eigenvalue weighted by atomic mass is 9.95. The molecule has 3 atom stereocenters. The van der Waals surface area contributed by atoms with Crippen LogP contribution in [-0.2, 0) is 40.3 Å². The largest absolute Gasteiger partial charge is 0.444 e. The monoisotopic (exact) mass is 855 g/mol. The molecule has 0 saturated carbocycles. The number of benzene rings is 2. The van der Waals surface area contributed by atoms with Crippen molar-refractivity contribution in [2.24, 2.45) is 0 Å². The van der Waals surface area contributed by atoms with Gasteiger partial charge in [-0.2, -0.15) is 0 Å². The number of thiazole rings is 2. The molecule has 2 aromatic heterocycles. The fraction of sp³-hybridized carbons (Fsp3) is 0.475. The summed E-state index contributed by atoms with van der Waals surface area (Å²) in [5.74, 6) is 0.0746. The Balaban J connectivity index is 0.00000673. The number of morpholine rings is 1. The summed E-state index contributed by atoms with van der Waals surface area (Å²) >= 11 is 3.02.